The lowest BCUT2D eigenvalue weighted by molar-refractivity contribution is 0.0721. The largest absolute Gasteiger partial charge is 0.389 e. The summed E-state index contributed by atoms with van der Waals surface area (Å²) >= 11 is 1.52. The maximum Gasteiger partial charge on any atom is 0.274 e. The summed E-state index contributed by atoms with van der Waals surface area (Å²) in [6.45, 7) is 4.02. The third-order valence-electron chi connectivity index (χ3n) is 4.62. The van der Waals surface area contributed by atoms with E-state index in [2.05, 4.69) is 9.88 Å². The number of nitrogens with zero attached hydrogens (tertiary/aromatic N) is 4. The summed E-state index contributed by atoms with van der Waals surface area (Å²) in [6, 6.07) is 0.0583. The molecule has 1 amide bonds. The third kappa shape index (κ3) is 2.87. The van der Waals surface area contributed by atoms with Crippen LogP contribution in [0.2, 0.25) is 0 Å². The van der Waals surface area contributed by atoms with Gasteiger partial charge in [0.1, 0.15) is 5.69 Å². The van der Waals surface area contributed by atoms with E-state index in [0.29, 0.717) is 25.5 Å². The maximum atomic E-state index is 12.7. The molecule has 0 saturated carbocycles. The molecule has 2 atom stereocenters. The average Bonchev–Trinajstić information content (AvgIpc) is 3.19. The maximum absolute atomic E-state index is 12.7. The van der Waals surface area contributed by atoms with E-state index >= 15 is 0 Å². The van der Waals surface area contributed by atoms with E-state index in [4.69, 9.17) is 4.74 Å². The second-order valence-electron chi connectivity index (χ2n) is 6.07. The summed E-state index contributed by atoms with van der Waals surface area (Å²) in [5.74, 6) is -0.00836. The van der Waals surface area contributed by atoms with Crippen LogP contribution in [0.5, 0.6) is 0 Å². The second-order valence-corrected chi connectivity index (χ2v) is 6.95. The van der Waals surface area contributed by atoms with Gasteiger partial charge >= 0.3 is 0 Å². The smallest absolute Gasteiger partial charge is 0.274 e. The molecule has 1 N–H and O–H groups in total. The molecule has 0 unspecified atom stereocenters. The summed E-state index contributed by atoms with van der Waals surface area (Å²) < 4.78 is 7.23. The van der Waals surface area contributed by atoms with Gasteiger partial charge in [0.25, 0.3) is 5.91 Å². The van der Waals surface area contributed by atoms with Crippen molar-refractivity contribution in [1.82, 2.24) is 19.2 Å². The molecule has 2 fully saturated rings. The lowest BCUT2D eigenvalue weighted by atomic mass is 10.2. The van der Waals surface area contributed by atoms with Gasteiger partial charge < -0.3 is 14.7 Å². The molecule has 0 spiro atoms. The Labute approximate surface area is 138 Å². The van der Waals surface area contributed by atoms with E-state index < -0.39 is 6.10 Å². The highest BCUT2D eigenvalue weighted by molar-refractivity contribution is 7.15. The molecule has 0 aliphatic carbocycles. The first-order valence-electron chi connectivity index (χ1n) is 7.94. The van der Waals surface area contributed by atoms with E-state index in [1.165, 1.54) is 11.3 Å². The van der Waals surface area contributed by atoms with Crippen molar-refractivity contribution in [3.8, 4) is 0 Å². The van der Waals surface area contributed by atoms with Gasteiger partial charge in [0.05, 0.1) is 25.4 Å². The average molecular weight is 336 g/mol. The Morgan fingerprint density at radius 3 is 3.00 bits per heavy atom. The zero-order valence-corrected chi connectivity index (χ0v) is 13.6. The highest BCUT2D eigenvalue weighted by Gasteiger charge is 2.33. The Morgan fingerprint density at radius 2 is 2.22 bits per heavy atom. The Kier molecular flexibility index (Phi) is 4.06. The molecular formula is C15H20N4O3S. The van der Waals surface area contributed by atoms with E-state index in [1.807, 2.05) is 20.9 Å². The first kappa shape index (κ1) is 15.1. The molecule has 2 saturated heterocycles. The molecule has 2 aromatic heterocycles. The van der Waals surface area contributed by atoms with Crippen molar-refractivity contribution in [2.24, 2.45) is 0 Å². The van der Waals surface area contributed by atoms with Crippen molar-refractivity contribution < 1.29 is 14.6 Å². The first-order chi connectivity index (χ1) is 11.2. The molecule has 8 heteroatoms. The summed E-state index contributed by atoms with van der Waals surface area (Å²) in [6.07, 6.45) is 4.19. The van der Waals surface area contributed by atoms with E-state index in [-0.39, 0.29) is 11.9 Å². The Bertz CT molecular complexity index is 671. The number of amides is 1. The molecule has 7 nitrogen and oxygen atoms in total. The summed E-state index contributed by atoms with van der Waals surface area (Å²) in [5, 5.41) is 11.9. The Balaban J connectivity index is 1.43. The fourth-order valence-corrected chi connectivity index (χ4v) is 4.05. The van der Waals surface area contributed by atoms with Crippen LogP contribution >= 0.6 is 11.3 Å². The lowest BCUT2D eigenvalue weighted by Gasteiger charge is -2.28. The van der Waals surface area contributed by atoms with Crippen LogP contribution in [0, 0.1) is 0 Å². The number of rotatable bonds is 2. The fraction of sp³-hybridized carbons (Fsp3) is 0.600. The van der Waals surface area contributed by atoms with Crippen LogP contribution in [0.25, 0.3) is 4.96 Å². The van der Waals surface area contributed by atoms with Crippen molar-refractivity contribution in [2.75, 3.05) is 39.4 Å². The third-order valence-corrected chi connectivity index (χ3v) is 5.39. The van der Waals surface area contributed by atoms with Gasteiger partial charge in [-0.05, 0) is 6.42 Å². The number of imidazole rings is 1. The molecule has 4 rings (SSSR count). The van der Waals surface area contributed by atoms with Crippen molar-refractivity contribution in [3.05, 3.63) is 23.5 Å². The number of aliphatic hydroxyl groups is 1. The molecule has 124 valence electrons. The monoisotopic (exact) mass is 336 g/mol. The lowest BCUT2D eigenvalue weighted by Crippen LogP contribution is -2.45. The quantitative estimate of drug-likeness (QED) is 0.854. The molecule has 4 heterocycles. The van der Waals surface area contributed by atoms with Crippen LogP contribution in [0.1, 0.15) is 16.9 Å². The number of fused-ring (bicyclic) bond motifs is 1. The predicted molar refractivity (Wildman–Crippen MR) is 85.8 cm³/mol. The van der Waals surface area contributed by atoms with Gasteiger partial charge in [-0.1, -0.05) is 0 Å². The zero-order valence-electron chi connectivity index (χ0n) is 12.8. The van der Waals surface area contributed by atoms with E-state index in [1.54, 1.807) is 6.20 Å². The van der Waals surface area contributed by atoms with Gasteiger partial charge in [0.2, 0.25) is 0 Å². The van der Waals surface area contributed by atoms with Crippen LogP contribution in [-0.2, 0) is 4.74 Å². The highest BCUT2D eigenvalue weighted by Crippen LogP contribution is 2.18. The number of hydrogen-bond acceptors (Lipinski definition) is 6. The standard InChI is InChI=1S/C15H20N4O3S/c20-13-10-22-9-12(13)17-2-1-3-18(5-4-17)14(21)11-8-19-6-7-23-15(19)16-11/h6-8,12-13,20H,1-5,9-10H2/t12-,13-/m1/s1. The number of thiazole rings is 1. The number of carbonyl (C=O) groups is 1. The van der Waals surface area contributed by atoms with Gasteiger partial charge in [0, 0.05) is 44.0 Å². The van der Waals surface area contributed by atoms with Crippen LogP contribution in [-0.4, -0.2) is 81.7 Å². The van der Waals surface area contributed by atoms with E-state index in [0.717, 1.165) is 31.0 Å². The number of ether oxygens (including phenoxy) is 1. The van der Waals surface area contributed by atoms with Gasteiger partial charge in [-0.2, -0.15) is 0 Å². The van der Waals surface area contributed by atoms with Crippen molar-refractivity contribution in [3.63, 3.8) is 0 Å². The highest BCUT2D eigenvalue weighted by atomic mass is 32.1. The van der Waals surface area contributed by atoms with Crippen LogP contribution in [0.4, 0.5) is 0 Å². The molecule has 0 radical (unpaired) electrons. The van der Waals surface area contributed by atoms with Gasteiger partial charge in [-0.25, -0.2) is 4.98 Å². The number of aliphatic hydroxyl groups excluding tert-OH is 1. The zero-order chi connectivity index (χ0) is 15.8. The van der Waals surface area contributed by atoms with E-state index in [9.17, 15) is 9.90 Å². The Hall–Kier alpha value is -1.48. The summed E-state index contributed by atoms with van der Waals surface area (Å²) in [7, 11) is 0. The minimum absolute atomic E-state index is 0.00836. The molecule has 0 aromatic carbocycles. The molecule has 2 aliphatic heterocycles. The first-order valence-corrected chi connectivity index (χ1v) is 8.81. The minimum atomic E-state index is -0.419. The van der Waals surface area contributed by atoms with Crippen LogP contribution < -0.4 is 0 Å². The summed E-state index contributed by atoms with van der Waals surface area (Å²) in [5.41, 5.74) is 0.509. The second kappa shape index (κ2) is 6.20. The predicted octanol–water partition coefficient (Wildman–Crippen LogP) is 0.303. The topological polar surface area (TPSA) is 70.3 Å². The minimum Gasteiger partial charge on any atom is -0.389 e. The molecule has 2 aromatic rings. The molecule has 2 aliphatic rings. The number of hydrogen-bond donors (Lipinski definition) is 1. The van der Waals surface area contributed by atoms with Crippen LogP contribution in [0.3, 0.4) is 0 Å². The fourth-order valence-electron chi connectivity index (χ4n) is 3.35. The van der Waals surface area contributed by atoms with Gasteiger partial charge in [0.15, 0.2) is 4.96 Å². The van der Waals surface area contributed by atoms with Gasteiger partial charge in [-0.3, -0.25) is 14.1 Å². The van der Waals surface area contributed by atoms with Gasteiger partial charge in [-0.15, -0.1) is 11.3 Å². The molecule has 0 bridgehead atoms. The SMILES string of the molecule is O=C(c1cn2ccsc2n1)N1CCCN([C@@H]2COC[C@H]2O)CC1. The summed E-state index contributed by atoms with van der Waals surface area (Å²) in [4.78, 5) is 22.0. The Morgan fingerprint density at radius 1 is 1.30 bits per heavy atom. The number of aromatic nitrogens is 2. The molecule has 23 heavy (non-hydrogen) atoms. The van der Waals surface area contributed by atoms with Crippen molar-refractivity contribution in [1.29, 1.82) is 0 Å². The van der Waals surface area contributed by atoms with Crippen molar-refractivity contribution >= 4 is 22.2 Å². The normalized spacial score (nSPS) is 26.7. The number of carbonyl (C=O) groups excluding carboxylic acids is 1. The molecular weight excluding hydrogens is 316 g/mol. The van der Waals surface area contributed by atoms with Crippen molar-refractivity contribution in [2.45, 2.75) is 18.6 Å². The van der Waals surface area contributed by atoms with Crippen LogP contribution in [0.15, 0.2) is 17.8 Å².